The Hall–Kier alpha value is -4.38. The summed E-state index contributed by atoms with van der Waals surface area (Å²) in [5, 5.41) is 0. The molecule has 0 aliphatic heterocycles. The Labute approximate surface area is 186 Å². The Kier molecular flexibility index (Phi) is 7.38. The number of ether oxygens (including phenoxy) is 3. The molecule has 0 fully saturated rings. The van der Waals surface area contributed by atoms with Crippen molar-refractivity contribution in [2.75, 3.05) is 0 Å². The second-order valence-corrected chi connectivity index (χ2v) is 6.83. The first-order chi connectivity index (χ1) is 15.5. The molecule has 5 heteroatoms. The summed E-state index contributed by atoms with van der Waals surface area (Å²) in [6.45, 7) is 8.50. The van der Waals surface area contributed by atoms with Crippen LogP contribution in [0.4, 0.5) is 0 Å². The van der Waals surface area contributed by atoms with E-state index in [0.29, 0.717) is 17.1 Å². The lowest BCUT2D eigenvalue weighted by atomic mass is 10.0. The number of hydrogen-bond acceptors (Lipinski definition) is 5. The molecule has 32 heavy (non-hydrogen) atoms. The van der Waals surface area contributed by atoms with Crippen molar-refractivity contribution in [1.29, 1.82) is 0 Å². The van der Waals surface area contributed by atoms with E-state index in [1.807, 2.05) is 60.7 Å². The highest BCUT2D eigenvalue weighted by molar-refractivity contribution is 5.88. The van der Waals surface area contributed by atoms with Gasteiger partial charge >= 0.3 is 11.9 Å². The molecule has 0 aromatic heterocycles. The van der Waals surface area contributed by atoms with Gasteiger partial charge in [-0.2, -0.15) is 0 Å². The summed E-state index contributed by atoms with van der Waals surface area (Å²) >= 11 is 0. The van der Waals surface area contributed by atoms with Crippen molar-refractivity contribution in [2.24, 2.45) is 0 Å². The van der Waals surface area contributed by atoms with Gasteiger partial charge in [-0.1, -0.05) is 61.7 Å². The average Bonchev–Trinajstić information content (AvgIpc) is 2.82. The normalized spacial score (nSPS) is 10.4. The summed E-state index contributed by atoms with van der Waals surface area (Å²) in [6, 6.07) is 23.0. The van der Waals surface area contributed by atoms with Gasteiger partial charge in [0, 0.05) is 11.6 Å². The van der Waals surface area contributed by atoms with Crippen molar-refractivity contribution in [3.05, 3.63) is 110 Å². The Bertz CT molecular complexity index is 1140. The van der Waals surface area contributed by atoms with E-state index in [-0.39, 0.29) is 0 Å². The number of carbonyl (C=O) groups is 2. The molecule has 3 aromatic rings. The highest BCUT2D eigenvalue weighted by atomic mass is 16.5. The summed E-state index contributed by atoms with van der Waals surface area (Å²) in [7, 11) is 0. The summed E-state index contributed by atoms with van der Waals surface area (Å²) in [5.74, 6) is 0.106. The van der Waals surface area contributed by atoms with Crippen LogP contribution in [0.1, 0.15) is 6.92 Å². The van der Waals surface area contributed by atoms with Gasteiger partial charge in [0.15, 0.2) is 0 Å². The van der Waals surface area contributed by atoms with Crippen molar-refractivity contribution >= 4 is 11.9 Å². The van der Waals surface area contributed by atoms with Crippen molar-refractivity contribution in [2.45, 2.75) is 6.92 Å². The van der Waals surface area contributed by atoms with E-state index < -0.39 is 11.9 Å². The van der Waals surface area contributed by atoms with Gasteiger partial charge in [0.25, 0.3) is 0 Å². The fraction of sp³-hybridized carbons (Fsp3) is 0.0370. The Morgan fingerprint density at radius 2 is 1.16 bits per heavy atom. The minimum Gasteiger partial charge on any atom is -0.462 e. The highest BCUT2D eigenvalue weighted by Crippen LogP contribution is 2.27. The lowest BCUT2D eigenvalue weighted by molar-refractivity contribution is -0.132. The maximum Gasteiger partial charge on any atom is 0.338 e. The quantitative estimate of drug-likeness (QED) is 0.189. The first-order valence-corrected chi connectivity index (χ1v) is 9.79. The number of benzene rings is 3. The molecule has 0 aliphatic carbocycles. The first kappa shape index (κ1) is 22.3. The van der Waals surface area contributed by atoms with Crippen LogP contribution in [-0.2, 0) is 14.3 Å². The van der Waals surface area contributed by atoms with Crippen molar-refractivity contribution < 1.29 is 23.8 Å². The van der Waals surface area contributed by atoms with Gasteiger partial charge < -0.3 is 14.2 Å². The van der Waals surface area contributed by atoms with Gasteiger partial charge in [0.05, 0.1) is 0 Å². The third-order valence-electron chi connectivity index (χ3n) is 4.43. The molecule has 0 spiro atoms. The van der Waals surface area contributed by atoms with E-state index in [0.717, 1.165) is 34.6 Å². The van der Waals surface area contributed by atoms with Gasteiger partial charge in [0.2, 0.25) is 0 Å². The monoisotopic (exact) mass is 426 g/mol. The van der Waals surface area contributed by atoms with Crippen LogP contribution in [0, 0.1) is 0 Å². The van der Waals surface area contributed by atoms with Crippen LogP contribution >= 0.6 is 0 Å². The molecule has 160 valence electrons. The van der Waals surface area contributed by atoms with Crippen LogP contribution in [0.15, 0.2) is 110 Å². The maximum absolute atomic E-state index is 11.6. The largest absolute Gasteiger partial charge is 0.462 e. The lowest BCUT2D eigenvalue weighted by Gasteiger charge is -2.08. The average molecular weight is 426 g/mol. The van der Waals surface area contributed by atoms with Crippen molar-refractivity contribution in [3.63, 3.8) is 0 Å². The number of esters is 2. The van der Waals surface area contributed by atoms with Crippen LogP contribution in [0.3, 0.4) is 0 Å². The Morgan fingerprint density at radius 3 is 1.59 bits per heavy atom. The van der Waals surface area contributed by atoms with E-state index in [4.69, 9.17) is 14.2 Å². The molecule has 5 nitrogen and oxygen atoms in total. The smallest absolute Gasteiger partial charge is 0.338 e. The first-order valence-electron chi connectivity index (χ1n) is 9.79. The molecular formula is C27H22O5. The second kappa shape index (κ2) is 10.6. The molecule has 0 saturated carbocycles. The molecule has 3 aromatic carbocycles. The highest BCUT2D eigenvalue weighted by Gasteiger charge is 2.06. The zero-order valence-corrected chi connectivity index (χ0v) is 17.6. The minimum atomic E-state index is -0.550. The van der Waals surface area contributed by atoms with Gasteiger partial charge in [0.1, 0.15) is 24.0 Å². The van der Waals surface area contributed by atoms with Crippen LogP contribution in [0.2, 0.25) is 0 Å². The Balaban J connectivity index is 1.63. The van der Waals surface area contributed by atoms with E-state index >= 15 is 0 Å². The number of hydrogen-bond donors (Lipinski definition) is 0. The van der Waals surface area contributed by atoms with E-state index in [9.17, 15) is 9.59 Å². The summed E-state index contributed by atoms with van der Waals surface area (Å²) in [4.78, 5) is 22.6. The number of carbonyl (C=O) groups excluding carboxylic acids is 2. The fourth-order valence-corrected chi connectivity index (χ4v) is 2.74. The predicted octanol–water partition coefficient (Wildman–Crippen LogP) is 6.08. The topological polar surface area (TPSA) is 61.8 Å². The molecule has 0 atom stereocenters. The van der Waals surface area contributed by atoms with Gasteiger partial charge in [-0.15, -0.1) is 0 Å². The third kappa shape index (κ3) is 6.06. The standard InChI is InChI=1S/C27H22O5/c1-4-26(28)31-18-17-30-24-13-9-22(10-14-24)20-5-7-21(8-6-20)23-11-15-25(16-12-23)32-27(29)19(2)3/h4-18H,1-2H2,3H3. The number of rotatable bonds is 8. The summed E-state index contributed by atoms with van der Waals surface area (Å²) in [6.07, 6.45) is 3.52. The summed E-state index contributed by atoms with van der Waals surface area (Å²) < 4.78 is 15.3. The molecule has 0 bridgehead atoms. The van der Waals surface area contributed by atoms with Crippen LogP contribution in [0.25, 0.3) is 22.3 Å². The second-order valence-electron chi connectivity index (χ2n) is 6.83. The van der Waals surface area contributed by atoms with Crippen molar-refractivity contribution in [3.8, 4) is 33.8 Å². The van der Waals surface area contributed by atoms with Crippen LogP contribution in [-0.4, -0.2) is 11.9 Å². The van der Waals surface area contributed by atoms with Crippen molar-refractivity contribution in [1.82, 2.24) is 0 Å². The molecule has 0 aliphatic rings. The molecule has 0 N–H and O–H groups in total. The van der Waals surface area contributed by atoms with Crippen LogP contribution in [0.5, 0.6) is 11.5 Å². The SMILES string of the molecule is C=CC(=O)OC=COc1ccc(-c2ccc(-c3ccc(OC(=O)C(=C)C)cc3)cc2)cc1. The zero-order chi connectivity index (χ0) is 22.9. The van der Waals surface area contributed by atoms with Gasteiger partial charge in [-0.05, 0) is 53.4 Å². The van der Waals surface area contributed by atoms with E-state index in [2.05, 4.69) is 13.2 Å². The molecule has 0 radical (unpaired) electrons. The molecule has 0 unspecified atom stereocenters. The molecule has 0 amide bonds. The predicted molar refractivity (Wildman–Crippen MR) is 124 cm³/mol. The summed E-state index contributed by atoms with van der Waals surface area (Å²) in [5.41, 5.74) is 4.51. The fourth-order valence-electron chi connectivity index (χ4n) is 2.74. The molecule has 3 rings (SSSR count). The van der Waals surface area contributed by atoms with E-state index in [1.54, 1.807) is 19.1 Å². The lowest BCUT2D eigenvalue weighted by Crippen LogP contribution is -2.07. The third-order valence-corrected chi connectivity index (χ3v) is 4.43. The van der Waals surface area contributed by atoms with Crippen LogP contribution < -0.4 is 9.47 Å². The van der Waals surface area contributed by atoms with Gasteiger partial charge in [-0.25, -0.2) is 9.59 Å². The minimum absolute atomic E-state index is 0.356. The van der Waals surface area contributed by atoms with E-state index in [1.165, 1.54) is 6.26 Å². The van der Waals surface area contributed by atoms with Gasteiger partial charge in [-0.3, -0.25) is 0 Å². The molecule has 0 saturated heterocycles. The maximum atomic E-state index is 11.6. The molecule has 0 heterocycles. The zero-order valence-electron chi connectivity index (χ0n) is 17.6. The Morgan fingerprint density at radius 1 is 0.719 bits per heavy atom. The molecular weight excluding hydrogens is 404 g/mol.